The minimum Gasteiger partial charge on any atom is -0.499 e. The van der Waals surface area contributed by atoms with E-state index in [2.05, 4.69) is 0 Å². The van der Waals surface area contributed by atoms with Crippen molar-refractivity contribution in [2.75, 3.05) is 13.7 Å². The summed E-state index contributed by atoms with van der Waals surface area (Å²) in [5, 5.41) is 9.06. The van der Waals surface area contributed by atoms with Gasteiger partial charge in [-0.05, 0) is 13.8 Å². The Balaban J connectivity index is 3.06. The summed E-state index contributed by atoms with van der Waals surface area (Å²) in [7, 11) is 1.52. The molecule has 0 aromatic carbocycles. The lowest BCUT2D eigenvalue weighted by Crippen LogP contribution is -2.26. The molecular weight excluding hydrogens is 176 g/mol. The van der Waals surface area contributed by atoms with E-state index in [1.165, 1.54) is 7.11 Å². The molecule has 0 radical (unpaired) electrons. The van der Waals surface area contributed by atoms with E-state index < -0.39 is 4.75 Å². The Labute approximate surface area is 75.8 Å². The lowest BCUT2D eigenvalue weighted by Gasteiger charge is -2.21. The average Bonchev–Trinajstić information content (AvgIpc) is 2.25. The molecule has 4 heteroatoms. The van der Waals surface area contributed by atoms with Crippen molar-refractivity contribution in [3.63, 3.8) is 0 Å². The van der Waals surface area contributed by atoms with E-state index in [0.29, 0.717) is 11.3 Å². The molecule has 1 heterocycles. The van der Waals surface area contributed by atoms with Crippen LogP contribution in [0.1, 0.15) is 13.8 Å². The monoisotopic (exact) mass is 188 g/mol. The zero-order valence-corrected chi connectivity index (χ0v) is 8.20. The number of carbonyl (C=O) groups excluding carboxylic acids is 1. The molecule has 0 amide bonds. The van der Waals surface area contributed by atoms with E-state index >= 15 is 0 Å². The summed E-state index contributed by atoms with van der Waals surface area (Å²) in [5.41, 5.74) is 0.610. The third kappa shape index (κ3) is 1.25. The molecule has 0 spiro atoms. The van der Waals surface area contributed by atoms with E-state index in [4.69, 9.17) is 9.84 Å². The molecular formula is C8H12O3S. The number of hydrogen-bond donors (Lipinski definition) is 1. The number of rotatable bonds is 2. The van der Waals surface area contributed by atoms with Crippen molar-refractivity contribution in [2.45, 2.75) is 18.6 Å². The average molecular weight is 188 g/mol. The summed E-state index contributed by atoms with van der Waals surface area (Å²) in [6.07, 6.45) is 0. The highest BCUT2D eigenvalue weighted by Crippen LogP contribution is 2.43. The predicted molar refractivity (Wildman–Crippen MR) is 47.8 cm³/mol. The smallest absolute Gasteiger partial charge is 0.219 e. The van der Waals surface area contributed by atoms with Crippen LogP contribution in [0.15, 0.2) is 11.3 Å². The van der Waals surface area contributed by atoms with Crippen LogP contribution >= 0.6 is 11.8 Å². The fourth-order valence-electron chi connectivity index (χ4n) is 1.29. The number of ether oxygens (including phenoxy) is 1. The van der Waals surface area contributed by atoms with Gasteiger partial charge in [0.05, 0.1) is 13.7 Å². The minimum absolute atomic E-state index is 0.0107. The molecule has 0 aromatic rings. The fourth-order valence-corrected chi connectivity index (χ4v) is 2.34. The maximum Gasteiger partial charge on any atom is 0.219 e. The molecule has 0 fully saturated rings. The maximum absolute atomic E-state index is 11.2. The first-order valence-corrected chi connectivity index (χ1v) is 4.46. The van der Waals surface area contributed by atoms with Gasteiger partial charge in [0.1, 0.15) is 10.5 Å². The van der Waals surface area contributed by atoms with Crippen LogP contribution in [-0.4, -0.2) is 28.7 Å². The Hall–Kier alpha value is -0.480. The van der Waals surface area contributed by atoms with Crippen LogP contribution in [0.4, 0.5) is 0 Å². The molecule has 1 rings (SSSR count). The third-order valence-corrected chi connectivity index (χ3v) is 3.21. The van der Waals surface area contributed by atoms with E-state index in [1.54, 1.807) is 13.8 Å². The lowest BCUT2D eigenvalue weighted by atomic mass is 10.1. The highest BCUT2D eigenvalue weighted by Gasteiger charge is 2.42. The van der Waals surface area contributed by atoms with E-state index in [9.17, 15) is 4.79 Å². The first-order chi connectivity index (χ1) is 5.55. The Bertz CT molecular complexity index is 247. The standard InChI is InChI=1S/C8H12O3S/c1-5-6(11-3)8(2,4-9)12-7(5)10/h9H,4H2,1-3H3. The van der Waals surface area contributed by atoms with Crippen LogP contribution in [0, 0.1) is 0 Å². The fraction of sp³-hybridized carbons (Fsp3) is 0.625. The number of thioether (sulfide) groups is 1. The normalized spacial score (nSPS) is 29.8. The Kier molecular flexibility index (Phi) is 2.49. The molecule has 1 aliphatic rings. The van der Waals surface area contributed by atoms with Gasteiger partial charge >= 0.3 is 0 Å². The Morgan fingerprint density at radius 1 is 1.67 bits per heavy atom. The molecule has 0 saturated carbocycles. The van der Waals surface area contributed by atoms with Crippen molar-refractivity contribution in [3.8, 4) is 0 Å². The van der Waals surface area contributed by atoms with Gasteiger partial charge in [0.15, 0.2) is 0 Å². The third-order valence-electron chi connectivity index (χ3n) is 1.95. The van der Waals surface area contributed by atoms with Gasteiger partial charge in [-0.2, -0.15) is 0 Å². The molecule has 1 aliphatic heterocycles. The van der Waals surface area contributed by atoms with Gasteiger partial charge in [0.25, 0.3) is 0 Å². The second-order valence-corrected chi connectivity index (χ2v) is 4.41. The summed E-state index contributed by atoms with van der Waals surface area (Å²) >= 11 is 1.12. The van der Waals surface area contributed by atoms with Crippen LogP contribution in [0.25, 0.3) is 0 Å². The Morgan fingerprint density at radius 3 is 2.58 bits per heavy atom. The lowest BCUT2D eigenvalue weighted by molar-refractivity contribution is -0.107. The van der Waals surface area contributed by atoms with Crippen LogP contribution in [0.2, 0.25) is 0 Å². The second kappa shape index (κ2) is 3.11. The quantitative estimate of drug-likeness (QED) is 0.700. The first kappa shape index (κ1) is 9.61. The molecule has 1 unspecified atom stereocenters. The highest BCUT2D eigenvalue weighted by molar-refractivity contribution is 8.15. The van der Waals surface area contributed by atoms with E-state index in [1.807, 2.05) is 0 Å². The minimum atomic E-state index is -0.573. The van der Waals surface area contributed by atoms with Crippen LogP contribution in [-0.2, 0) is 9.53 Å². The molecule has 0 aliphatic carbocycles. The van der Waals surface area contributed by atoms with Crippen LogP contribution in [0.3, 0.4) is 0 Å². The van der Waals surface area contributed by atoms with Gasteiger partial charge in [-0.15, -0.1) is 0 Å². The van der Waals surface area contributed by atoms with E-state index in [-0.39, 0.29) is 11.7 Å². The van der Waals surface area contributed by atoms with Crippen molar-refractivity contribution >= 4 is 16.9 Å². The van der Waals surface area contributed by atoms with Crippen molar-refractivity contribution in [3.05, 3.63) is 11.3 Å². The molecule has 1 atom stereocenters. The number of methoxy groups -OCH3 is 1. The highest BCUT2D eigenvalue weighted by atomic mass is 32.2. The molecule has 3 nitrogen and oxygen atoms in total. The SMILES string of the molecule is COC1=C(C)C(=O)SC1(C)CO. The summed E-state index contributed by atoms with van der Waals surface area (Å²) in [6.45, 7) is 3.43. The molecule has 0 bridgehead atoms. The van der Waals surface area contributed by atoms with Gasteiger partial charge in [0.2, 0.25) is 5.12 Å². The van der Waals surface area contributed by atoms with Gasteiger partial charge < -0.3 is 9.84 Å². The molecule has 68 valence electrons. The number of hydrogen-bond acceptors (Lipinski definition) is 4. The van der Waals surface area contributed by atoms with Crippen molar-refractivity contribution < 1.29 is 14.6 Å². The molecule has 1 N–H and O–H groups in total. The van der Waals surface area contributed by atoms with Gasteiger partial charge in [0, 0.05) is 5.57 Å². The van der Waals surface area contributed by atoms with Crippen molar-refractivity contribution in [2.24, 2.45) is 0 Å². The molecule has 0 saturated heterocycles. The van der Waals surface area contributed by atoms with Gasteiger partial charge in [-0.3, -0.25) is 4.79 Å². The van der Waals surface area contributed by atoms with Crippen LogP contribution in [0.5, 0.6) is 0 Å². The largest absolute Gasteiger partial charge is 0.499 e. The topological polar surface area (TPSA) is 46.5 Å². The summed E-state index contributed by atoms with van der Waals surface area (Å²) in [6, 6.07) is 0. The predicted octanol–water partition coefficient (Wildman–Crippen LogP) is 0.931. The summed E-state index contributed by atoms with van der Waals surface area (Å²) < 4.78 is 4.50. The molecule has 12 heavy (non-hydrogen) atoms. The van der Waals surface area contributed by atoms with Crippen LogP contribution < -0.4 is 0 Å². The first-order valence-electron chi connectivity index (χ1n) is 3.64. The molecule has 0 aromatic heterocycles. The number of aliphatic hydroxyl groups excluding tert-OH is 1. The van der Waals surface area contributed by atoms with Gasteiger partial charge in [-0.25, -0.2) is 0 Å². The zero-order chi connectivity index (χ0) is 9.35. The zero-order valence-electron chi connectivity index (χ0n) is 7.38. The second-order valence-electron chi connectivity index (χ2n) is 2.94. The summed E-state index contributed by atoms with van der Waals surface area (Å²) in [4.78, 5) is 11.2. The van der Waals surface area contributed by atoms with Crippen molar-refractivity contribution in [1.29, 1.82) is 0 Å². The van der Waals surface area contributed by atoms with Crippen molar-refractivity contribution in [1.82, 2.24) is 0 Å². The maximum atomic E-state index is 11.2. The number of carbonyl (C=O) groups is 1. The summed E-state index contributed by atoms with van der Waals surface area (Å²) in [5.74, 6) is 0.597. The van der Waals surface area contributed by atoms with Gasteiger partial charge in [-0.1, -0.05) is 11.8 Å². The number of aliphatic hydroxyl groups is 1. The van der Waals surface area contributed by atoms with E-state index in [0.717, 1.165) is 11.8 Å². The Morgan fingerprint density at radius 2 is 2.25 bits per heavy atom.